The van der Waals surface area contributed by atoms with Crippen molar-refractivity contribution in [2.24, 2.45) is 0 Å². The third-order valence-corrected chi connectivity index (χ3v) is 2.84. The van der Waals surface area contributed by atoms with E-state index in [2.05, 4.69) is 15.9 Å². The number of hydrogen-bond acceptors (Lipinski definition) is 1. The largest absolute Gasteiger partial charge is 0.298 e. The number of halogens is 2. The molecule has 0 aliphatic heterocycles. The zero-order valence-electron chi connectivity index (χ0n) is 5.13. The first kappa shape index (κ1) is 8.02. The molecular formula is C7H6BrClO. The van der Waals surface area contributed by atoms with Gasteiger partial charge in [0.15, 0.2) is 0 Å². The van der Waals surface area contributed by atoms with Gasteiger partial charge < -0.3 is 0 Å². The highest BCUT2D eigenvalue weighted by Gasteiger charge is 2.14. The van der Waals surface area contributed by atoms with E-state index >= 15 is 0 Å². The van der Waals surface area contributed by atoms with Crippen LogP contribution in [0.2, 0.25) is 0 Å². The Morgan fingerprint density at radius 2 is 2.40 bits per heavy atom. The third kappa shape index (κ3) is 1.70. The molecule has 0 radical (unpaired) electrons. The maximum atomic E-state index is 10.2. The molecule has 54 valence electrons. The van der Waals surface area contributed by atoms with Crippen LogP contribution >= 0.6 is 27.5 Å². The minimum absolute atomic E-state index is 0.106. The number of allylic oxidation sites excluding steroid dienone is 4. The second kappa shape index (κ2) is 3.35. The number of carbonyl (C=O) groups excluding carboxylic acids is 1. The Hall–Kier alpha value is -0.0800. The Morgan fingerprint density at radius 1 is 1.70 bits per heavy atom. The number of carbonyl (C=O) groups is 1. The second-order valence-electron chi connectivity index (χ2n) is 2.03. The Bertz CT molecular complexity index is 198. The van der Waals surface area contributed by atoms with Crippen molar-refractivity contribution in [2.75, 3.05) is 0 Å². The summed E-state index contributed by atoms with van der Waals surface area (Å²) in [5.74, 6) is 0. The van der Waals surface area contributed by atoms with E-state index in [1.807, 2.05) is 6.08 Å². The molecule has 2 unspecified atom stereocenters. The first-order chi connectivity index (χ1) is 4.74. The minimum atomic E-state index is -0.106. The van der Waals surface area contributed by atoms with E-state index in [1.54, 1.807) is 12.2 Å². The van der Waals surface area contributed by atoms with Crippen LogP contribution in [0.15, 0.2) is 23.8 Å². The monoisotopic (exact) mass is 220 g/mol. The molecule has 2 atom stereocenters. The van der Waals surface area contributed by atoms with Crippen molar-refractivity contribution >= 4 is 33.8 Å². The zero-order chi connectivity index (χ0) is 7.56. The van der Waals surface area contributed by atoms with E-state index in [9.17, 15) is 4.79 Å². The van der Waals surface area contributed by atoms with Gasteiger partial charge in [0, 0.05) is 5.57 Å². The average Bonchev–Trinajstić information content (AvgIpc) is 1.95. The molecule has 0 aromatic carbocycles. The SMILES string of the molecule is O=CC1=CC(Cl)C(Br)C=C1. The van der Waals surface area contributed by atoms with Gasteiger partial charge in [0.05, 0.1) is 10.2 Å². The number of aldehydes is 1. The van der Waals surface area contributed by atoms with E-state index in [0.717, 1.165) is 6.29 Å². The van der Waals surface area contributed by atoms with Gasteiger partial charge in [-0.15, -0.1) is 11.6 Å². The van der Waals surface area contributed by atoms with Gasteiger partial charge in [-0.2, -0.15) is 0 Å². The predicted octanol–water partition coefficient (Wildman–Crippen LogP) is 2.05. The maximum Gasteiger partial charge on any atom is 0.149 e. The molecule has 0 saturated carbocycles. The van der Waals surface area contributed by atoms with Crippen molar-refractivity contribution in [3.8, 4) is 0 Å². The van der Waals surface area contributed by atoms with Gasteiger partial charge in [-0.25, -0.2) is 0 Å². The van der Waals surface area contributed by atoms with Gasteiger partial charge in [0.25, 0.3) is 0 Å². The lowest BCUT2D eigenvalue weighted by atomic mass is 10.1. The summed E-state index contributed by atoms with van der Waals surface area (Å²) in [5, 5.41) is -0.106. The molecule has 0 N–H and O–H groups in total. The molecule has 0 fully saturated rings. The fourth-order valence-electron chi connectivity index (χ4n) is 0.719. The molecule has 1 aliphatic rings. The highest BCUT2D eigenvalue weighted by Crippen LogP contribution is 2.20. The standard InChI is InChI=1S/C7H6BrClO/c8-6-2-1-5(4-10)3-7(6)9/h1-4,6-7H. The predicted molar refractivity (Wildman–Crippen MR) is 45.6 cm³/mol. The van der Waals surface area contributed by atoms with E-state index in [4.69, 9.17) is 11.6 Å². The molecular weight excluding hydrogens is 215 g/mol. The maximum absolute atomic E-state index is 10.2. The van der Waals surface area contributed by atoms with E-state index in [-0.39, 0.29) is 10.2 Å². The lowest BCUT2D eigenvalue weighted by Crippen LogP contribution is -2.12. The summed E-state index contributed by atoms with van der Waals surface area (Å²) >= 11 is 9.14. The molecule has 1 rings (SSSR count). The van der Waals surface area contributed by atoms with Crippen molar-refractivity contribution in [2.45, 2.75) is 10.2 Å². The average molecular weight is 221 g/mol. The van der Waals surface area contributed by atoms with Crippen molar-refractivity contribution < 1.29 is 4.79 Å². The van der Waals surface area contributed by atoms with Crippen molar-refractivity contribution in [1.29, 1.82) is 0 Å². The van der Waals surface area contributed by atoms with Crippen molar-refractivity contribution in [3.05, 3.63) is 23.8 Å². The number of hydrogen-bond donors (Lipinski definition) is 0. The first-order valence-electron chi connectivity index (χ1n) is 2.87. The van der Waals surface area contributed by atoms with Gasteiger partial charge in [-0.1, -0.05) is 34.2 Å². The van der Waals surface area contributed by atoms with Crippen LogP contribution in [0.4, 0.5) is 0 Å². The molecule has 0 bridgehead atoms. The fraction of sp³-hybridized carbons (Fsp3) is 0.286. The Balaban J connectivity index is 2.75. The highest BCUT2D eigenvalue weighted by molar-refractivity contribution is 9.09. The smallest absolute Gasteiger partial charge is 0.149 e. The molecule has 0 amide bonds. The number of rotatable bonds is 1. The summed E-state index contributed by atoms with van der Waals surface area (Å²) in [6.45, 7) is 0. The van der Waals surface area contributed by atoms with Crippen LogP contribution in [-0.2, 0) is 4.79 Å². The summed E-state index contributed by atoms with van der Waals surface area (Å²) in [6, 6.07) is 0. The minimum Gasteiger partial charge on any atom is -0.298 e. The quantitative estimate of drug-likeness (QED) is 0.489. The van der Waals surface area contributed by atoms with Gasteiger partial charge in [-0.3, -0.25) is 4.79 Å². The molecule has 1 aliphatic carbocycles. The Morgan fingerprint density at radius 3 is 2.90 bits per heavy atom. The van der Waals surface area contributed by atoms with Crippen LogP contribution in [0.3, 0.4) is 0 Å². The lowest BCUT2D eigenvalue weighted by Gasteiger charge is -2.12. The number of alkyl halides is 2. The molecule has 3 heteroatoms. The Kier molecular flexibility index (Phi) is 2.69. The second-order valence-corrected chi connectivity index (χ2v) is 3.59. The Labute approximate surface area is 72.9 Å². The van der Waals surface area contributed by atoms with Crippen LogP contribution in [0.5, 0.6) is 0 Å². The molecule has 0 spiro atoms. The van der Waals surface area contributed by atoms with Crippen LogP contribution in [0.1, 0.15) is 0 Å². The summed E-state index contributed by atoms with van der Waals surface area (Å²) in [5.41, 5.74) is 0.649. The van der Waals surface area contributed by atoms with E-state index in [1.165, 1.54) is 0 Å². The summed E-state index contributed by atoms with van der Waals surface area (Å²) < 4.78 is 0. The van der Waals surface area contributed by atoms with Gasteiger partial charge >= 0.3 is 0 Å². The zero-order valence-corrected chi connectivity index (χ0v) is 7.47. The van der Waals surface area contributed by atoms with Crippen LogP contribution in [0.25, 0.3) is 0 Å². The first-order valence-corrected chi connectivity index (χ1v) is 4.22. The van der Waals surface area contributed by atoms with Crippen molar-refractivity contribution in [1.82, 2.24) is 0 Å². The molecule has 0 saturated heterocycles. The lowest BCUT2D eigenvalue weighted by molar-refractivity contribution is -0.104. The molecule has 0 aromatic rings. The molecule has 0 heterocycles. The molecule has 0 aromatic heterocycles. The van der Waals surface area contributed by atoms with Crippen LogP contribution in [0, 0.1) is 0 Å². The molecule has 10 heavy (non-hydrogen) atoms. The van der Waals surface area contributed by atoms with Gasteiger partial charge in [0.1, 0.15) is 6.29 Å². The van der Waals surface area contributed by atoms with E-state index in [0.29, 0.717) is 5.57 Å². The summed E-state index contributed by atoms with van der Waals surface area (Å²) in [4.78, 5) is 10.4. The summed E-state index contributed by atoms with van der Waals surface area (Å²) in [7, 11) is 0. The van der Waals surface area contributed by atoms with Crippen LogP contribution in [-0.4, -0.2) is 16.5 Å². The third-order valence-electron chi connectivity index (χ3n) is 1.26. The van der Waals surface area contributed by atoms with Crippen LogP contribution < -0.4 is 0 Å². The fourth-order valence-corrected chi connectivity index (χ4v) is 1.25. The van der Waals surface area contributed by atoms with Gasteiger partial charge in [0.2, 0.25) is 0 Å². The highest BCUT2D eigenvalue weighted by atomic mass is 79.9. The van der Waals surface area contributed by atoms with E-state index < -0.39 is 0 Å². The van der Waals surface area contributed by atoms with Crippen molar-refractivity contribution in [3.63, 3.8) is 0 Å². The van der Waals surface area contributed by atoms with Gasteiger partial charge in [-0.05, 0) is 0 Å². The normalized spacial score (nSPS) is 31.6. The topological polar surface area (TPSA) is 17.1 Å². The molecule has 1 nitrogen and oxygen atoms in total. The summed E-state index contributed by atoms with van der Waals surface area (Å²) in [6.07, 6.45) is 6.14.